The highest BCUT2D eigenvalue weighted by Crippen LogP contribution is 2.29. The summed E-state index contributed by atoms with van der Waals surface area (Å²) in [5, 5.41) is 15.0. The molecule has 6 heteroatoms. The molecule has 2 rings (SSSR count). The van der Waals surface area contributed by atoms with E-state index in [0.717, 1.165) is 11.4 Å². The van der Waals surface area contributed by atoms with Gasteiger partial charge < -0.3 is 9.52 Å². The van der Waals surface area contributed by atoms with E-state index in [9.17, 15) is 5.11 Å². The smallest absolute Gasteiger partial charge is 0.198 e. The number of aliphatic hydroxyl groups is 1. The Kier molecular flexibility index (Phi) is 3.47. The van der Waals surface area contributed by atoms with Crippen LogP contribution in [0.3, 0.4) is 0 Å². The zero-order chi connectivity index (χ0) is 12.6. The summed E-state index contributed by atoms with van der Waals surface area (Å²) in [5.41, 5.74) is 2.07. The van der Waals surface area contributed by atoms with Gasteiger partial charge in [0.05, 0.1) is 28.8 Å². The zero-order valence-corrected chi connectivity index (χ0v) is 11.0. The summed E-state index contributed by atoms with van der Waals surface area (Å²) in [5.74, 6) is 0. The molecule has 1 unspecified atom stereocenters. The number of halogens is 2. The summed E-state index contributed by atoms with van der Waals surface area (Å²) in [7, 11) is 1.79. The van der Waals surface area contributed by atoms with E-state index in [1.165, 1.54) is 6.26 Å². The Morgan fingerprint density at radius 2 is 2.24 bits per heavy atom. The molecule has 0 saturated heterocycles. The van der Waals surface area contributed by atoms with Crippen molar-refractivity contribution in [2.75, 3.05) is 0 Å². The molecular formula is C11H12Cl2N2O2. The normalized spacial score (nSPS) is 13.0. The fourth-order valence-electron chi connectivity index (χ4n) is 1.74. The van der Waals surface area contributed by atoms with E-state index in [2.05, 4.69) is 5.10 Å². The van der Waals surface area contributed by atoms with Crippen LogP contribution >= 0.6 is 23.2 Å². The molecule has 2 aromatic rings. The third-order valence-electron chi connectivity index (χ3n) is 2.65. The molecule has 0 saturated carbocycles. The minimum absolute atomic E-state index is 0.201. The van der Waals surface area contributed by atoms with Crippen LogP contribution < -0.4 is 0 Å². The number of aliphatic hydroxyl groups excluding tert-OH is 1. The summed E-state index contributed by atoms with van der Waals surface area (Å²) in [6.07, 6.45) is 1.03. The lowest BCUT2D eigenvalue weighted by molar-refractivity contribution is 0.175. The van der Waals surface area contributed by atoms with Gasteiger partial charge in [-0.3, -0.25) is 4.68 Å². The van der Waals surface area contributed by atoms with Gasteiger partial charge in [-0.25, -0.2) is 0 Å². The highest BCUT2D eigenvalue weighted by Gasteiger charge is 2.19. The van der Waals surface area contributed by atoms with E-state index in [1.54, 1.807) is 17.8 Å². The molecule has 4 nitrogen and oxygen atoms in total. The van der Waals surface area contributed by atoms with Gasteiger partial charge in [0.2, 0.25) is 0 Å². The largest absolute Gasteiger partial charge is 0.453 e. The van der Waals surface area contributed by atoms with Crippen LogP contribution in [-0.4, -0.2) is 14.9 Å². The minimum Gasteiger partial charge on any atom is -0.453 e. The van der Waals surface area contributed by atoms with Crippen LogP contribution in [0.2, 0.25) is 10.2 Å². The van der Waals surface area contributed by atoms with Gasteiger partial charge in [-0.2, -0.15) is 5.10 Å². The Morgan fingerprint density at radius 3 is 2.71 bits per heavy atom. The Hall–Kier alpha value is -0.970. The fourth-order valence-corrected chi connectivity index (χ4v) is 2.22. The molecule has 0 aliphatic heterocycles. The van der Waals surface area contributed by atoms with E-state index in [4.69, 9.17) is 27.6 Å². The van der Waals surface area contributed by atoms with Crippen LogP contribution in [0.4, 0.5) is 0 Å². The van der Waals surface area contributed by atoms with E-state index >= 15 is 0 Å². The first-order chi connectivity index (χ1) is 8.00. The first-order valence-electron chi connectivity index (χ1n) is 5.09. The van der Waals surface area contributed by atoms with Crippen LogP contribution in [0, 0.1) is 6.92 Å². The maximum atomic E-state index is 10.1. The molecule has 2 aromatic heterocycles. The van der Waals surface area contributed by atoms with Crippen molar-refractivity contribution in [3.8, 4) is 0 Å². The molecule has 1 atom stereocenters. The van der Waals surface area contributed by atoms with Gasteiger partial charge in [0, 0.05) is 19.0 Å². The standard InChI is InChI=1S/C11H12Cl2N2O2/c1-6-10(12)8(15(2)14-6)5-9(16)7-3-4-17-11(7)13/h3-4,9,16H,5H2,1-2H3. The number of aryl methyl sites for hydroxylation is 2. The van der Waals surface area contributed by atoms with Crippen LogP contribution in [0.1, 0.15) is 23.1 Å². The predicted molar refractivity (Wildman–Crippen MR) is 65.3 cm³/mol. The van der Waals surface area contributed by atoms with Crippen LogP contribution in [0.25, 0.3) is 0 Å². The van der Waals surface area contributed by atoms with Crippen molar-refractivity contribution >= 4 is 23.2 Å². The number of hydrogen-bond donors (Lipinski definition) is 1. The lowest BCUT2D eigenvalue weighted by Gasteiger charge is -2.09. The molecule has 0 spiro atoms. The molecule has 92 valence electrons. The van der Waals surface area contributed by atoms with Crippen LogP contribution in [0.5, 0.6) is 0 Å². The lowest BCUT2D eigenvalue weighted by Crippen LogP contribution is -2.06. The molecule has 0 aliphatic rings. The number of hydrogen-bond acceptors (Lipinski definition) is 3. The van der Waals surface area contributed by atoms with E-state index in [-0.39, 0.29) is 5.22 Å². The molecule has 0 bridgehead atoms. The Morgan fingerprint density at radius 1 is 1.53 bits per heavy atom. The van der Waals surface area contributed by atoms with Crippen LogP contribution in [0.15, 0.2) is 16.7 Å². The topological polar surface area (TPSA) is 51.2 Å². The molecule has 0 aromatic carbocycles. The van der Waals surface area contributed by atoms with Crippen molar-refractivity contribution in [2.24, 2.45) is 7.05 Å². The maximum Gasteiger partial charge on any atom is 0.198 e. The summed E-state index contributed by atoms with van der Waals surface area (Å²) in [6.45, 7) is 1.82. The van der Waals surface area contributed by atoms with Gasteiger partial charge in [-0.1, -0.05) is 11.6 Å². The quantitative estimate of drug-likeness (QED) is 0.937. The van der Waals surface area contributed by atoms with Crippen molar-refractivity contribution in [3.63, 3.8) is 0 Å². The third-order valence-corrected chi connectivity index (χ3v) is 3.45. The number of aromatic nitrogens is 2. The van der Waals surface area contributed by atoms with Crippen molar-refractivity contribution in [3.05, 3.63) is 39.5 Å². The van der Waals surface area contributed by atoms with E-state index < -0.39 is 6.10 Å². The summed E-state index contributed by atoms with van der Waals surface area (Å²) < 4.78 is 6.60. The SMILES string of the molecule is Cc1nn(C)c(CC(O)c2ccoc2Cl)c1Cl. The Balaban J connectivity index is 2.24. The van der Waals surface area contributed by atoms with Gasteiger partial charge in [-0.15, -0.1) is 0 Å². The Labute approximate surface area is 109 Å². The second-order valence-electron chi connectivity index (χ2n) is 3.84. The van der Waals surface area contributed by atoms with Crippen LogP contribution in [-0.2, 0) is 13.5 Å². The van der Waals surface area contributed by atoms with Gasteiger partial charge in [-0.05, 0) is 24.6 Å². The van der Waals surface area contributed by atoms with Gasteiger partial charge in [0.1, 0.15) is 0 Å². The molecular weight excluding hydrogens is 263 g/mol. The molecule has 0 fully saturated rings. The van der Waals surface area contributed by atoms with Crippen molar-refractivity contribution in [1.29, 1.82) is 0 Å². The van der Waals surface area contributed by atoms with Gasteiger partial charge in [0.15, 0.2) is 5.22 Å². The lowest BCUT2D eigenvalue weighted by atomic mass is 10.1. The first-order valence-corrected chi connectivity index (χ1v) is 5.85. The predicted octanol–water partition coefficient (Wildman–Crippen LogP) is 2.90. The maximum absolute atomic E-state index is 10.1. The molecule has 0 radical (unpaired) electrons. The molecule has 17 heavy (non-hydrogen) atoms. The van der Waals surface area contributed by atoms with E-state index in [0.29, 0.717) is 17.0 Å². The average molecular weight is 275 g/mol. The van der Waals surface area contributed by atoms with Gasteiger partial charge in [0.25, 0.3) is 0 Å². The molecule has 2 heterocycles. The summed E-state index contributed by atoms with van der Waals surface area (Å²) >= 11 is 11.9. The highest BCUT2D eigenvalue weighted by atomic mass is 35.5. The third kappa shape index (κ3) is 2.34. The van der Waals surface area contributed by atoms with Crippen molar-refractivity contribution < 1.29 is 9.52 Å². The number of furan rings is 1. The Bertz CT molecular complexity index is 534. The molecule has 0 aliphatic carbocycles. The summed E-state index contributed by atoms with van der Waals surface area (Å²) in [4.78, 5) is 0. The first kappa shape index (κ1) is 12.5. The van der Waals surface area contributed by atoms with Gasteiger partial charge >= 0.3 is 0 Å². The highest BCUT2D eigenvalue weighted by molar-refractivity contribution is 6.31. The van der Waals surface area contributed by atoms with E-state index in [1.807, 2.05) is 6.92 Å². The fraction of sp³-hybridized carbons (Fsp3) is 0.364. The number of rotatable bonds is 3. The summed E-state index contributed by atoms with van der Waals surface area (Å²) in [6, 6.07) is 1.64. The average Bonchev–Trinajstić information content (AvgIpc) is 2.78. The molecule has 0 amide bonds. The second-order valence-corrected chi connectivity index (χ2v) is 4.56. The second kappa shape index (κ2) is 4.72. The minimum atomic E-state index is -0.756. The zero-order valence-electron chi connectivity index (χ0n) is 9.44. The van der Waals surface area contributed by atoms with Crippen molar-refractivity contribution in [2.45, 2.75) is 19.4 Å². The van der Waals surface area contributed by atoms with Crippen molar-refractivity contribution in [1.82, 2.24) is 9.78 Å². The molecule has 1 N–H and O–H groups in total. The monoisotopic (exact) mass is 274 g/mol. The number of nitrogens with zero attached hydrogens (tertiary/aromatic N) is 2.